The Morgan fingerprint density at radius 2 is 2.17 bits per heavy atom. The predicted octanol–water partition coefficient (Wildman–Crippen LogP) is 0.247. The Kier molecular flexibility index (Phi) is 3.89. The van der Waals surface area contributed by atoms with Gasteiger partial charge >= 0.3 is 0 Å². The number of likely N-dealkylation sites (N-methyl/N-ethyl adjacent to an activating group) is 1. The van der Waals surface area contributed by atoms with Gasteiger partial charge < -0.3 is 15.0 Å². The SMILES string of the molecule is CCC1C2CNCC2CN1CC1CN(C)CCO1. The highest BCUT2D eigenvalue weighted by Gasteiger charge is 2.43. The van der Waals surface area contributed by atoms with Gasteiger partial charge in [0.25, 0.3) is 0 Å². The minimum absolute atomic E-state index is 0.421. The highest BCUT2D eigenvalue weighted by atomic mass is 16.5. The van der Waals surface area contributed by atoms with Crippen molar-refractivity contribution in [3.8, 4) is 0 Å². The van der Waals surface area contributed by atoms with Crippen LogP contribution in [0.15, 0.2) is 0 Å². The van der Waals surface area contributed by atoms with Crippen molar-refractivity contribution < 1.29 is 4.74 Å². The Morgan fingerprint density at radius 3 is 2.94 bits per heavy atom. The molecule has 0 aromatic carbocycles. The van der Waals surface area contributed by atoms with E-state index < -0.39 is 0 Å². The largest absolute Gasteiger partial charge is 0.374 e. The van der Waals surface area contributed by atoms with Crippen LogP contribution in [-0.2, 0) is 4.74 Å². The standard InChI is InChI=1S/C14H27N3O/c1-3-14-13-7-15-6-11(13)8-17(14)10-12-9-16(2)4-5-18-12/h11-15H,3-10H2,1-2H3. The Morgan fingerprint density at radius 1 is 1.28 bits per heavy atom. The van der Waals surface area contributed by atoms with E-state index >= 15 is 0 Å². The van der Waals surface area contributed by atoms with Gasteiger partial charge in [0.2, 0.25) is 0 Å². The molecule has 4 nitrogen and oxygen atoms in total. The molecule has 0 saturated carbocycles. The zero-order valence-electron chi connectivity index (χ0n) is 11.8. The summed E-state index contributed by atoms with van der Waals surface area (Å²) in [6.07, 6.45) is 1.70. The van der Waals surface area contributed by atoms with Crippen molar-refractivity contribution >= 4 is 0 Å². The molecule has 0 radical (unpaired) electrons. The molecule has 3 rings (SSSR count). The van der Waals surface area contributed by atoms with E-state index in [0.717, 1.165) is 44.1 Å². The van der Waals surface area contributed by atoms with Crippen molar-refractivity contribution in [3.05, 3.63) is 0 Å². The van der Waals surface area contributed by atoms with Gasteiger partial charge in [-0.25, -0.2) is 0 Å². The minimum Gasteiger partial charge on any atom is -0.374 e. The van der Waals surface area contributed by atoms with Crippen LogP contribution in [0.2, 0.25) is 0 Å². The van der Waals surface area contributed by atoms with E-state index in [1.807, 2.05) is 0 Å². The van der Waals surface area contributed by atoms with Crippen LogP contribution < -0.4 is 5.32 Å². The fourth-order valence-electron chi connectivity index (χ4n) is 4.12. The molecule has 0 aromatic rings. The summed E-state index contributed by atoms with van der Waals surface area (Å²) in [5, 5.41) is 3.55. The van der Waals surface area contributed by atoms with Gasteiger partial charge in [0.1, 0.15) is 0 Å². The number of ether oxygens (including phenoxy) is 1. The number of rotatable bonds is 3. The van der Waals surface area contributed by atoms with E-state index in [1.165, 1.54) is 26.1 Å². The lowest BCUT2D eigenvalue weighted by Gasteiger charge is -2.35. The third-order valence-electron chi connectivity index (χ3n) is 5.02. The number of nitrogens with one attached hydrogen (secondary N) is 1. The molecule has 4 heteroatoms. The van der Waals surface area contributed by atoms with Crippen LogP contribution in [0.3, 0.4) is 0 Å². The van der Waals surface area contributed by atoms with Crippen LogP contribution >= 0.6 is 0 Å². The van der Waals surface area contributed by atoms with Gasteiger partial charge in [-0.1, -0.05) is 6.92 Å². The van der Waals surface area contributed by atoms with Gasteiger partial charge in [0.05, 0.1) is 12.7 Å². The topological polar surface area (TPSA) is 27.7 Å². The van der Waals surface area contributed by atoms with Crippen molar-refractivity contribution in [2.24, 2.45) is 11.8 Å². The molecule has 104 valence electrons. The molecule has 0 amide bonds. The summed E-state index contributed by atoms with van der Waals surface area (Å²) >= 11 is 0. The molecule has 4 unspecified atom stereocenters. The second kappa shape index (κ2) is 5.45. The molecule has 1 N–H and O–H groups in total. The lowest BCUT2D eigenvalue weighted by molar-refractivity contribution is -0.0387. The van der Waals surface area contributed by atoms with Crippen LogP contribution in [0.5, 0.6) is 0 Å². The molecule has 3 aliphatic rings. The van der Waals surface area contributed by atoms with Gasteiger partial charge in [-0.15, -0.1) is 0 Å². The van der Waals surface area contributed by atoms with Gasteiger partial charge in [-0.2, -0.15) is 0 Å². The van der Waals surface area contributed by atoms with Gasteiger partial charge in [0.15, 0.2) is 0 Å². The third kappa shape index (κ3) is 2.44. The Hall–Kier alpha value is -0.160. The monoisotopic (exact) mass is 253 g/mol. The van der Waals surface area contributed by atoms with Crippen molar-refractivity contribution in [3.63, 3.8) is 0 Å². The van der Waals surface area contributed by atoms with Crippen molar-refractivity contribution in [1.29, 1.82) is 0 Å². The number of likely N-dealkylation sites (tertiary alicyclic amines) is 1. The summed E-state index contributed by atoms with van der Waals surface area (Å²) in [5.41, 5.74) is 0. The molecular weight excluding hydrogens is 226 g/mol. The zero-order valence-corrected chi connectivity index (χ0v) is 11.8. The predicted molar refractivity (Wildman–Crippen MR) is 72.7 cm³/mol. The van der Waals surface area contributed by atoms with E-state index in [4.69, 9.17) is 4.74 Å². The summed E-state index contributed by atoms with van der Waals surface area (Å²) in [5.74, 6) is 1.77. The van der Waals surface area contributed by atoms with Gasteiger partial charge in [-0.05, 0) is 38.4 Å². The molecule has 3 fully saturated rings. The average molecular weight is 253 g/mol. The van der Waals surface area contributed by atoms with E-state index in [1.54, 1.807) is 0 Å². The number of morpholine rings is 1. The summed E-state index contributed by atoms with van der Waals surface area (Å²) in [6, 6.07) is 0.779. The number of hydrogen-bond acceptors (Lipinski definition) is 4. The maximum Gasteiger partial charge on any atom is 0.0829 e. The molecule has 3 aliphatic heterocycles. The molecule has 0 aromatic heterocycles. The van der Waals surface area contributed by atoms with Crippen molar-refractivity contribution in [1.82, 2.24) is 15.1 Å². The summed E-state index contributed by atoms with van der Waals surface area (Å²) in [4.78, 5) is 5.10. The molecule has 0 spiro atoms. The van der Waals surface area contributed by atoms with E-state index in [0.29, 0.717) is 6.10 Å². The van der Waals surface area contributed by atoms with Crippen LogP contribution in [0, 0.1) is 11.8 Å². The second-order valence-electron chi connectivity index (χ2n) is 6.27. The molecule has 0 aliphatic carbocycles. The molecule has 18 heavy (non-hydrogen) atoms. The number of nitrogens with zero attached hydrogens (tertiary/aromatic N) is 2. The number of fused-ring (bicyclic) bond motifs is 1. The fraction of sp³-hybridized carbons (Fsp3) is 1.00. The first-order valence-electron chi connectivity index (χ1n) is 7.53. The quantitative estimate of drug-likeness (QED) is 0.780. The molecule has 3 saturated heterocycles. The maximum absolute atomic E-state index is 5.93. The summed E-state index contributed by atoms with van der Waals surface area (Å²) < 4.78 is 5.93. The smallest absolute Gasteiger partial charge is 0.0829 e. The van der Waals surface area contributed by atoms with E-state index in [9.17, 15) is 0 Å². The summed E-state index contributed by atoms with van der Waals surface area (Å²) in [7, 11) is 2.20. The lowest BCUT2D eigenvalue weighted by Crippen LogP contribution is -2.48. The fourth-order valence-corrected chi connectivity index (χ4v) is 4.12. The lowest BCUT2D eigenvalue weighted by atomic mass is 9.93. The van der Waals surface area contributed by atoms with Gasteiger partial charge in [-0.3, -0.25) is 4.90 Å². The van der Waals surface area contributed by atoms with Crippen molar-refractivity contribution in [2.75, 3.05) is 52.9 Å². The van der Waals surface area contributed by atoms with Crippen LogP contribution in [0.1, 0.15) is 13.3 Å². The Labute approximate surface area is 111 Å². The van der Waals surface area contributed by atoms with Gasteiger partial charge in [0, 0.05) is 32.2 Å². The summed E-state index contributed by atoms with van der Waals surface area (Å²) in [6.45, 7) is 10.3. The third-order valence-corrected chi connectivity index (χ3v) is 5.02. The molecule has 0 bridgehead atoms. The molecular formula is C14H27N3O. The first-order valence-corrected chi connectivity index (χ1v) is 7.53. The van der Waals surface area contributed by atoms with Crippen LogP contribution in [0.25, 0.3) is 0 Å². The maximum atomic E-state index is 5.93. The highest BCUT2D eigenvalue weighted by molar-refractivity contribution is 4.98. The Balaban J connectivity index is 1.58. The zero-order chi connectivity index (χ0) is 12.5. The second-order valence-corrected chi connectivity index (χ2v) is 6.27. The molecule has 3 heterocycles. The number of hydrogen-bond donors (Lipinski definition) is 1. The van der Waals surface area contributed by atoms with E-state index in [2.05, 4.69) is 29.1 Å². The normalized spacial score (nSPS) is 42.3. The highest BCUT2D eigenvalue weighted by Crippen LogP contribution is 2.34. The first kappa shape index (κ1) is 12.9. The Bertz CT molecular complexity index is 286. The minimum atomic E-state index is 0.421. The van der Waals surface area contributed by atoms with Crippen molar-refractivity contribution in [2.45, 2.75) is 25.5 Å². The van der Waals surface area contributed by atoms with Crippen LogP contribution in [-0.4, -0.2) is 74.9 Å². The average Bonchev–Trinajstić information content (AvgIpc) is 2.89. The van der Waals surface area contributed by atoms with E-state index in [-0.39, 0.29) is 0 Å². The molecule has 4 atom stereocenters. The van der Waals surface area contributed by atoms with Crippen LogP contribution in [0.4, 0.5) is 0 Å². The first-order chi connectivity index (χ1) is 8.78.